The Bertz CT molecular complexity index is 574. The Hall–Kier alpha value is -1.90. The van der Waals surface area contributed by atoms with E-state index in [0.29, 0.717) is 5.92 Å². The molecule has 0 spiro atoms. The number of benzene rings is 1. The Morgan fingerprint density at radius 3 is 2.52 bits per heavy atom. The van der Waals surface area contributed by atoms with E-state index in [-0.39, 0.29) is 0 Å². The van der Waals surface area contributed by atoms with Crippen LogP contribution in [0.1, 0.15) is 48.7 Å². The van der Waals surface area contributed by atoms with Crippen molar-refractivity contribution in [3.8, 4) is 0 Å². The van der Waals surface area contributed by atoms with Crippen LogP contribution in [0.15, 0.2) is 36.4 Å². The Kier molecular flexibility index (Phi) is 4.49. The minimum Gasteiger partial charge on any atom is -0.373 e. The Labute approximate surface area is 126 Å². The van der Waals surface area contributed by atoms with Gasteiger partial charge in [-0.15, -0.1) is 0 Å². The molecule has 0 bridgehead atoms. The predicted octanol–water partition coefficient (Wildman–Crippen LogP) is 3.96. The van der Waals surface area contributed by atoms with Gasteiger partial charge in [-0.3, -0.25) is 0 Å². The normalized spacial score (nSPS) is 15.3. The second-order valence-electron chi connectivity index (χ2n) is 5.81. The molecule has 1 fully saturated rings. The zero-order valence-electron chi connectivity index (χ0n) is 12.7. The van der Waals surface area contributed by atoms with Gasteiger partial charge < -0.3 is 5.32 Å². The van der Waals surface area contributed by atoms with E-state index in [4.69, 9.17) is 4.98 Å². The van der Waals surface area contributed by atoms with Gasteiger partial charge in [-0.25, -0.2) is 9.97 Å². The molecule has 0 aliphatic heterocycles. The van der Waals surface area contributed by atoms with Crippen molar-refractivity contribution < 1.29 is 0 Å². The number of aromatic nitrogens is 2. The lowest BCUT2D eigenvalue weighted by Crippen LogP contribution is -2.07. The maximum Gasteiger partial charge on any atom is 0.131 e. The molecule has 110 valence electrons. The molecule has 0 radical (unpaired) electrons. The molecule has 1 aromatic heterocycles. The molecule has 21 heavy (non-hydrogen) atoms. The van der Waals surface area contributed by atoms with Gasteiger partial charge in [-0.1, -0.05) is 43.2 Å². The van der Waals surface area contributed by atoms with Gasteiger partial charge in [0.2, 0.25) is 0 Å². The summed E-state index contributed by atoms with van der Waals surface area (Å²) in [5, 5.41) is 3.18. The molecule has 3 rings (SSSR count). The molecule has 1 N–H and O–H groups in total. The Morgan fingerprint density at radius 2 is 1.81 bits per heavy atom. The number of nitrogens with zero attached hydrogens (tertiary/aromatic N) is 2. The minimum atomic E-state index is 0.635. The van der Waals surface area contributed by atoms with Crippen LogP contribution in [0.3, 0.4) is 0 Å². The van der Waals surface area contributed by atoms with Crippen molar-refractivity contribution in [3.63, 3.8) is 0 Å². The number of nitrogens with one attached hydrogen (secondary N) is 1. The first-order valence-corrected chi connectivity index (χ1v) is 7.94. The lowest BCUT2D eigenvalue weighted by atomic mass is 10.0. The molecule has 0 saturated heterocycles. The van der Waals surface area contributed by atoms with Gasteiger partial charge in [0.15, 0.2) is 0 Å². The summed E-state index contributed by atoms with van der Waals surface area (Å²) in [6, 6.07) is 12.7. The zero-order chi connectivity index (χ0) is 14.5. The van der Waals surface area contributed by atoms with Gasteiger partial charge in [0.1, 0.15) is 11.6 Å². The number of hydrogen-bond acceptors (Lipinski definition) is 3. The molecular formula is C18H23N3. The van der Waals surface area contributed by atoms with Crippen LogP contribution in [0, 0.1) is 0 Å². The first kappa shape index (κ1) is 14.1. The highest BCUT2D eigenvalue weighted by atomic mass is 15.0. The van der Waals surface area contributed by atoms with Gasteiger partial charge in [0.25, 0.3) is 0 Å². The van der Waals surface area contributed by atoms with Crippen LogP contribution in [0.2, 0.25) is 0 Å². The third kappa shape index (κ3) is 3.60. The fourth-order valence-electron chi connectivity index (χ4n) is 3.09. The SMILES string of the molecule is CNc1cc(C2CCCC2)nc(CCc2ccccc2)n1. The van der Waals surface area contributed by atoms with E-state index in [1.54, 1.807) is 0 Å². The van der Waals surface area contributed by atoms with E-state index >= 15 is 0 Å². The summed E-state index contributed by atoms with van der Waals surface area (Å²) < 4.78 is 0. The fourth-order valence-corrected chi connectivity index (χ4v) is 3.09. The number of rotatable bonds is 5. The van der Waals surface area contributed by atoms with Crippen LogP contribution in [-0.4, -0.2) is 17.0 Å². The van der Waals surface area contributed by atoms with Crippen LogP contribution in [0.25, 0.3) is 0 Å². The topological polar surface area (TPSA) is 37.8 Å². The third-order valence-electron chi connectivity index (χ3n) is 4.30. The van der Waals surface area contributed by atoms with E-state index < -0.39 is 0 Å². The van der Waals surface area contributed by atoms with E-state index in [1.807, 2.05) is 7.05 Å². The second kappa shape index (κ2) is 6.70. The van der Waals surface area contributed by atoms with Gasteiger partial charge in [-0.05, 0) is 24.8 Å². The molecule has 3 nitrogen and oxygen atoms in total. The largest absolute Gasteiger partial charge is 0.373 e. The average molecular weight is 281 g/mol. The molecule has 1 aromatic carbocycles. The molecule has 1 aliphatic carbocycles. The highest BCUT2D eigenvalue weighted by Gasteiger charge is 2.19. The lowest BCUT2D eigenvalue weighted by molar-refractivity contribution is 0.682. The van der Waals surface area contributed by atoms with Crippen molar-refractivity contribution in [2.24, 2.45) is 0 Å². The molecule has 1 aliphatic rings. The van der Waals surface area contributed by atoms with Crippen molar-refractivity contribution in [3.05, 3.63) is 53.5 Å². The number of hydrogen-bond donors (Lipinski definition) is 1. The maximum absolute atomic E-state index is 4.83. The van der Waals surface area contributed by atoms with Crippen molar-refractivity contribution >= 4 is 5.82 Å². The fraction of sp³-hybridized carbons (Fsp3) is 0.444. The highest BCUT2D eigenvalue weighted by Crippen LogP contribution is 2.33. The molecule has 0 atom stereocenters. The van der Waals surface area contributed by atoms with Crippen LogP contribution in [0.5, 0.6) is 0 Å². The van der Waals surface area contributed by atoms with E-state index in [0.717, 1.165) is 24.5 Å². The highest BCUT2D eigenvalue weighted by molar-refractivity contribution is 5.36. The molecule has 2 aromatic rings. The average Bonchev–Trinajstić information content (AvgIpc) is 3.08. The standard InChI is InChI=1S/C18H23N3/c1-19-18-13-16(15-9-5-6-10-15)20-17(21-18)12-11-14-7-3-2-4-8-14/h2-4,7-8,13,15H,5-6,9-12H2,1H3,(H,19,20,21). The van der Waals surface area contributed by atoms with Gasteiger partial charge in [0.05, 0.1) is 0 Å². The summed E-state index contributed by atoms with van der Waals surface area (Å²) in [5.74, 6) is 2.55. The first-order chi connectivity index (χ1) is 10.3. The lowest BCUT2D eigenvalue weighted by Gasteiger charge is -2.12. The first-order valence-electron chi connectivity index (χ1n) is 7.94. The van der Waals surface area contributed by atoms with Gasteiger partial charge in [-0.2, -0.15) is 0 Å². The quantitative estimate of drug-likeness (QED) is 0.901. The van der Waals surface area contributed by atoms with Crippen LogP contribution in [-0.2, 0) is 12.8 Å². The smallest absolute Gasteiger partial charge is 0.131 e. The third-order valence-corrected chi connectivity index (χ3v) is 4.30. The van der Waals surface area contributed by atoms with E-state index in [9.17, 15) is 0 Å². The molecule has 0 unspecified atom stereocenters. The van der Waals surface area contributed by atoms with E-state index in [1.165, 1.54) is 36.9 Å². The number of anilines is 1. The summed E-state index contributed by atoms with van der Waals surface area (Å²) in [6.07, 6.45) is 7.12. The maximum atomic E-state index is 4.83. The summed E-state index contributed by atoms with van der Waals surface area (Å²) in [7, 11) is 1.93. The van der Waals surface area contributed by atoms with Gasteiger partial charge in [0, 0.05) is 31.1 Å². The zero-order valence-corrected chi connectivity index (χ0v) is 12.7. The Morgan fingerprint density at radius 1 is 1.05 bits per heavy atom. The minimum absolute atomic E-state index is 0.635. The molecule has 1 heterocycles. The summed E-state index contributed by atoms with van der Waals surface area (Å²) in [4.78, 5) is 9.44. The van der Waals surface area contributed by atoms with Crippen molar-refractivity contribution in [1.29, 1.82) is 0 Å². The molecule has 1 saturated carbocycles. The predicted molar refractivity (Wildman–Crippen MR) is 86.6 cm³/mol. The number of aryl methyl sites for hydroxylation is 2. The van der Waals surface area contributed by atoms with Gasteiger partial charge >= 0.3 is 0 Å². The summed E-state index contributed by atoms with van der Waals surface area (Å²) >= 11 is 0. The monoisotopic (exact) mass is 281 g/mol. The van der Waals surface area contributed by atoms with Crippen LogP contribution >= 0.6 is 0 Å². The van der Waals surface area contributed by atoms with Crippen molar-refractivity contribution in [2.45, 2.75) is 44.4 Å². The van der Waals surface area contributed by atoms with E-state index in [2.05, 4.69) is 46.7 Å². The molecule has 3 heteroatoms. The Balaban J connectivity index is 1.75. The van der Waals surface area contributed by atoms with Crippen molar-refractivity contribution in [1.82, 2.24) is 9.97 Å². The van der Waals surface area contributed by atoms with Crippen LogP contribution in [0.4, 0.5) is 5.82 Å². The molecule has 0 amide bonds. The molecular weight excluding hydrogens is 258 g/mol. The van der Waals surface area contributed by atoms with Crippen molar-refractivity contribution in [2.75, 3.05) is 12.4 Å². The van der Waals surface area contributed by atoms with Crippen LogP contribution < -0.4 is 5.32 Å². The summed E-state index contributed by atoms with van der Waals surface area (Å²) in [5.41, 5.74) is 2.58. The second-order valence-corrected chi connectivity index (χ2v) is 5.81. The summed E-state index contributed by atoms with van der Waals surface area (Å²) in [6.45, 7) is 0.